The molecule has 0 saturated heterocycles. The molecule has 0 saturated carbocycles. The van der Waals surface area contributed by atoms with E-state index in [1.165, 1.54) is 24.3 Å². The highest BCUT2D eigenvalue weighted by molar-refractivity contribution is 5.97. The van der Waals surface area contributed by atoms with Gasteiger partial charge in [-0.2, -0.15) is 0 Å². The minimum absolute atomic E-state index is 0.0696. The number of aromatic hydroxyl groups is 1. The molecule has 0 aromatic heterocycles. The van der Waals surface area contributed by atoms with Gasteiger partial charge in [-0.3, -0.25) is 33.6 Å². The van der Waals surface area contributed by atoms with E-state index in [0.717, 1.165) is 0 Å². The lowest BCUT2D eigenvalue weighted by molar-refractivity contribution is -0.143. The number of phenolic OH excluding ortho intramolecular Hbond substituents is 1. The van der Waals surface area contributed by atoms with Crippen molar-refractivity contribution in [2.45, 2.75) is 82.6 Å². The number of amides is 5. The van der Waals surface area contributed by atoms with Crippen LogP contribution in [-0.4, -0.2) is 105 Å². The molecule has 18 heteroatoms. The van der Waals surface area contributed by atoms with Crippen molar-refractivity contribution in [3.05, 3.63) is 65.7 Å². The van der Waals surface area contributed by atoms with E-state index in [9.17, 15) is 53.7 Å². The number of carbonyl (C=O) groups is 8. The lowest BCUT2D eigenvalue weighted by Crippen LogP contribution is -2.60. The van der Waals surface area contributed by atoms with Crippen LogP contribution in [0.5, 0.6) is 5.75 Å². The fraction of sp³-hybridized carbons (Fsp3) is 0.429. The molecule has 0 radical (unpaired) electrons. The van der Waals surface area contributed by atoms with Crippen molar-refractivity contribution < 1.29 is 58.8 Å². The van der Waals surface area contributed by atoms with Crippen LogP contribution >= 0.6 is 0 Å². The van der Waals surface area contributed by atoms with Crippen LogP contribution in [0.1, 0.15) is 50.7 Å². The van der Waals surface area contributed by atoms with Gasteiger partial charge in [-0.15, -0.1) is 0 Å². The summed E-state index contributed by atoms with van der Waals surface area (Å²) in [6.45, 7) is 2.87. The molecular weight excluding hydrogens is 696 g/mol. The number of benzene rings is 2. The molecule has 6 atom stereocenters. The van der Waals surface area contributed by atoms with Crippen LogP contribution in [0, 0.1) is 5.92 Å². The van der Waals surface area contributed by atoms with Crippen LogP contribution in [0.25, 0.3) is 0 Å². The van der Waals surface area contributed by atoms with Crippen LogP contribution in [0.4, 0.5) is 0 Å². The molecule has 0 fully saturated rings. The third-order valence-corrected chi connectivity index (χ3v) is 8.20. The van der Waals surface area contributed by atoms with Crippen LogP contribution in [0.3, 0.4) is 0 Å². The summed E-state index contributed by atoms with van der Waals surface area (Å²) in [5.41, 5.74) is 6.32. The van der Waals surface area contributed by atoms with E-state index in [0.29, 0.717) is 17.5 Å². The molecule has 0 heterocycles. The van der Waals surface area contributed by atoms with E-state index < -0.39 is 103 Å². The largest absolute Gasteiger partial charge is 0.508 e. The summed E-state index contributed by atoms with van der Waals surface area (Å²) in [5, 5.41) is 49.9. The number of carboxylic acids is 3. The van der Waals surface area contributed by atoms with Gasteiger partial charge in [0.25, 0.3) is 0 Å². The highest BCUT2D eigenvalue weighted by Gasteiger charge is 2.35. The molecule has 11 N–H and O–H groups in total. The molecule has 18 nitrogen and oxygen atoms in total. The maximum Gasteiger partial charge on any atom is 0.326 e. The molecule has 0 aliphatic carbocycles. The molecule has 0 aliphatic heterocycles. The summed E-state index contributed by atoms with van der Waals surface area (Å²) >= 11 is 0. The third kappa shape index (κ3) is 15.0. The van der Waals surface area contributed by atoms with Crippen molar-refractivity contribution in [3.63, 3.8) is 0 Å². The number of nitrogens with two attached hydrogens (primary N) is 1. The maximum absolute atomic E-state index is 13.8. The van der Waals surface area contributed by atoms with Crippen LogP contribution in [0.2, 0.25) is 0 Å². The molecule has 2 aromatic carbocycles. The molecule has 0 unspecified atom stereocenters. The number of carboxylic acid groups (broad SMARTS) is 3. The Kier molecular flexibility index (Phi) is 17.4. The molecule has 0 aliphatic rings. The molecule has 288 valence electrons. The van der Waals surface area contributed by atoms with Gasteiger partial charge in [-0.05, 0) is 35.6 Å². The number of hydrogen-bond acceptors (Lipinski definition) is 10. The summed E-state index contributed by atoms with van der Waals surface area (Å²) in [5.74, 6) is -9.43. The van der Waals surface area contributed by atoms with E-state index in [1.54, 1.807) is 44.2 Å². The normalized spacial score (nSPS) is 14.2. The number of aliphatic carboxylic acids is 3. The first-order valence-electron chi connectivity index (χ1n) is 16.7. The SMILES string of the molecule is CC[C@H](C)[C@H](NC(=O)[C@H](CCC(=O)O)NC(=O)CN)C(=O)N[C@@H](Cc1ccccc1)C(=O)N[C@@H](CC(=O)O)C(=O)N[C@@H](Cc1ccc(O)cc1)C(=O)O. The van der Waals surface area contributed by atoms with Crippen LogP contribution in [0.15, 0.2) is 54.6 Å². The second-order valence-corrected chi connectivity index (χ2v) is 12.3. The van der Waals surface area contributed by atoms with Crippen molar-refractivity contribution in [1.29, 1.82) is 0 Å². The second-order valence-electron chi connectivity index (χ2n) is 12.3. The molecule has 53 heavy (non-hydrogen) atoms. The summed E-state index contributed by atoms with van der Waals surface area (Å²) in [6.07, 6.45) is -1.81. The Morgan fingerprint density at radius 2 is 1.17 bits per heavy atom. The molecular formula is C35H46N6O12. The molecule has 2 aromatic rings. The van der Waals surface area contributed by atoms with E-state index in [2.05, 4.69) is 26.6 Å². The van der Waals surface area contributed by atoms with Crippen molar-refractivity contribution in [3.8, 4) is 5.75 Å². The Bertz CT molecular complexity index is 1600. The zero-order valence-corrected chi connectivity index (χ0v) is 29.2. The van der Waals surface area contributed by atoms with Gasteiger partial charge < -0.3 is 52.7 Å². The second kappa shape index (κ2) is 21.4. The maximum atomic E-state index is 13.8. The van der Waals surface area contributed by atoms with Gasteiger partial charge in [0.05, 0.1) is 13.0 Å². The van der Waals surface area contributed by atoms with E-state index in [1.807, 2.05) is 0 Å². The van der Waals surface area contributed by atoms with Crippen molar-refractivity contribution in [2.24, 2.45) is 11.7 Å². The predicted molar refractivity (Wildman–Crippen MR) is 187 cm³/mol. The van der Waals surface area contributed by atoms with Crippen LogP contribution in [-0.2, 0) is 51.2 Å². The van der Waals surface area contributed by atoms with Gasteiger partial charge >= 0.3 is 17.9 Å². The minimum Gasteiger partial charge on any atom is -0.508 e. The average Bonchev–Trinajstić information content (AvgIpc) is 3.11. The lowest BCUT2D eigenvalue weighted by Gasteiger charge is -2.29. The van der Waals surface area contributed by atoms with E-state index in [4.69, 9.17) is 10.8 Å². The zero-order valence-electron chi connectivity index (χ0n) is 29.2. The third-order valence-electron chi connectivity index (χ3n) is 8.20. The lowest BCUT2D eigenvalue weighted by atomic mass is 9.96. The quantitative estimate of drug-likeness (QED) is 0.0696. The zero-order chi connectivity index (χ0) is 39.7. The molecule has 0 bridgehead atoms. The van der Waals surface area contributed by atoms with Gasteiger partial charge in [0.2, 0.25) is 29.5 Å². The Morgan fingerprint density at radius 3 is 1.72 bits per heavy atom. The summed E-state index contributed by atoms with van der Waals surface area (Å²) < 4.78 is 0. The van der Waals surface area contributed by atoms with Gasteiger partial charge in [0.1, 0.15) is 36.0 Å². The molecule has 2 rings (SSSR count). The highest BCUT2D eigenvalue weighted by atomic mass is 16.4. The number of phenols is 1. The van der Waals surface area contributed by atoms with E-state index >= 15 is 0 Å². The smallest absolute Gasteiger partial charge is 0.326 e. The van der Waals surface area contributed by atoms with Gasteiger partial charge in [0, 0.05) is 19.3 Å². The summed E-state index contributed by atoms with van der Waals surface area (Å²) in [7, 11) is 0. The Hall–Kier alpha value is -6.04. The van der Waals surface area contributed by atoms with Crippen molar-refractivity contribution in [2.75, 3.05) is 6.54 Å². The fourth-order valence-corrected chi connectivity index (χ4v) is 5.06. The Balaban J connectivity index is 2.37. The van der Waals surface area contributed by atoms with Crippen molar-refractivity contribution >= 4 is 47.4 Å². The number of rotatable bonds is 22. The first-order chi connectivity index (χ1) is 25.0. The predicted octanol–water partition coefficient (Wildman–Crippen LogP) is -0.970. The summed E-state index contributed by atoms with van der Waals surface area (Å²) in [6, 6.07) is 6.40. The molecule has 5 amide bonds. The standard InChI is InChI=1S/C35H46N6O12/c1-3-19(2)30(41-31(48)23(13-14-28(44)45)37-27(43)18-36)34(51)39-24(15-20-7-5-4-6-8-20)32(49)38-25(17-29(46)47)33(50)40-26(35(52)53)16-21-9-11-22(42)12-10-21/h4-12,19,23-26,30,42H,3,13-18,36H2,1-2H3,(H,37,43)(H,38,49)(H,39,51)(H,40,50)(H,41,48)(H,44,45)(H,46,47)(H,52,53)/t19-,23-,24-,25-,26-,30-/m0/s1. The number of hydrogen-bond donors (Lipinski definition) is 10. The molecule has 0 spiro atoms. The number of nitrogens with one attached hydrogen (secondary N) is 5. The Morgan fingerprint density at radius 1 is 0.642 bits per heavy atom. The fourth-order valence-electron chi connectivity index (χ4n) is 5.06. The topological polar surface area (TPSA) is 304 Å². The van der Waals surface area contributed by atoms with Gasteiger partial charge in [-0.1, -0.05) is 62.7 Å². The first kappa shape index (κ1) is 43.1. The first-order valence-corrected chi connectivity index (χ1v) is 16.7. The monoisotopic (exact) mass is 742 g/mol. The Labute approximate surface area is 304 Å². The highest BCUT2D eigenvalue weighted by Crippen LogP contribution is 2.14. The van der Waals surface area contributed by atoms with Gasteiger partial charge in [0.15, 0.2) is 0 Å². The van der Waals surface area contributed by atoms with Gasteiger partial charge in [-0.25, -0.2) is 4.79 Å². The van der Waals surface area contributed by atoms with Crippen molar-refractivity contribution in [1.82, 2.24) is 26.6 Å². The summed E-state index contributed by atoms with van der Waals surface area (Å²) in [4.78, 5) is 101. The van der Waals surface area contributed by atoms with E-state index in [-0.39, 0.29) is 25.0 Å². The minimum atomic E-state index is -1.79. The average molecular weight is 743 g/mol. The van der Waals surface area contributed by atoms with Crippen LogP contribution < -0.4 is 32.3 Å². The number of carbonyl (C=O) groups excluding carboxylic acids is 5.